The van der Waals surface area contributed by atoms with Crippen LogP contribution in [-0.2, 0) is 14.3 Å². The Hall–Kier alpha value is -3.01. The van der Waals surface area contributed by atoms with E-state index in [-0.39, 0.29) is 35.2 Å². The number of carbonyl (C=O) groups is 3. The van der Waals surface area contributed by atoms with Crippen molar-refractivity contribution >= 4 is 17.3 Å². The van der Waals surface area contributed by atoms with Gasteiger partial charge in [-0.2, -0.15) is 0 Å². The number of methoxy groups -OCH3 is 1. The summed E-state index contributed by atoms with van der Waals surface area (Å²) in [4.78, 5) is 43.8. The van der Waals surface area contributed by atoms with Crippen LogP contribution in [0.15, 0.2) is 76.6 Å². The topological polar surface area (TPSA) is 60.4 Å². The van der Waals surface area contributed by atoms with Crippen LogP contribution in [0.1, 0.15) is 91.4 Å². The van der Waals surface area contributed by atoms with Crippen LogP contribution < -0.4 is 0 Å². The van der Waals surface area contributed by atoms with Gasteiger partial charge < -0.3 is 4.74 Å². The first-order chi connectivity index (χ1) is 17.8. The summed E-state index contributed by atoms with van der Waals surface area (Å²) in [6.45, 7) is 16.2. The van der Waals surface area contributed by atoms with Gasteiger partial charge in [0.1, 0.15) is 16.7 Å². The molecule has 2 aliphatic rings. The summed E-state index contributed by atoms with van der Waals surface area (Å²) in [6.07, 6.45) is 8.19. The minimum absolute atomic E-state index is 0.0358. The SMILES string of the molecule is COC1=C(C(=O)c2ccccc2)C(=O)[C@@]2(CC=C(C)C)C(=O)[C@]1(CC=C(C)C)C[C@H](CC=C(C)C)C2(C)C. The standard InChI is InChI=1S/C34H44O4/c1-22(2)15-16-26-21-33(19-17-23(3)4)30(38-9)27(28(35)25-13-11-10-12-14-25)29(36)34(31(33)37,32(26,7)8)20-18-24(5)6/h10-15,17-18,26H,16,19-21H2,1-9H3/t26-,33+,34-/m0/s1. The molecule has 0 spiro atoms. The molecular formula is C34H44O4. The minimum Gasteiger partial charge on any atom is -0.499 e. The lowest BCUT2D eigenvalue weighted by Gasteiger charge is -2.60. The summed E-state index contributed by atoms with van der Waals surface area (Å²) in [5.74, 6) is -0.602. The van der Waals surface area contributed by atoms with Gasteiger partial charge in [0.05, 0.1) is 12.5 Å². The molecule has 4 heteroatoms. The van der Waals surface area contributed by atoms with Crippen molar-refractivity contribution in [2.24, 2.45) is 22.2 Å². The molecule has 3 rings (SSSR count). The highest BCUT2D eigenvalue weighted by molar-refractivity contribution is 6.35. The van der Waals surface area contributed by atoms with Gasteiger partial charge in [-0.3, -0.25) is 14.4 Å². The molecule has 1 aromatic carbocycles. The number of carbonyl (C=O) groups excluding carboxylic acids is 3. The van der Waals surface area contributed by atoms with Crippen molar-refractivity contribution in [2.75, 3.05) is 7.11 Å². The molecule has 2 bridgehead atoms. The third kappa shape index (κ3) is 4.79. The van der Waals surface area contributed by atoms with E-state index in [0.717, 1.165) is 17.6 Å². The summed E-state index contributed by atoms with van der Waals surface area (Å²) < 4.78 is 5.98. The molecule has 38 heavy (non-hydrogen) atoms. The van der Waals surface area contributed by atoms with Crippen molar-refractivity contribution in [3.05, 3.63) is 82.2 Å². The summed E-state index contributed by atoms with van der Waals surface area (Å²) in [7, 11) is 1.49. The Morgan fingerprint density at radius 1 is 0.895 bits per heavy atom. The molecule has 2 aliphatic carbocycles. The molecule has 1 fully saturated rings. The van der Waals surface area contributed by atoms with Crippen molar-refractivity contribution in [3.8, 4) is 0 Å². The lowest BCUT2D eigenvalue weighted by atomic mass is 9.40. The van der Waals surface area contributed by atoms with Gasteiger partial charge >= 0.3 is 0 Å². The minimum atomic E-state index is -1.38. The second-order valence-electron chi connectivity index (χ2n) is 12.4. The average Bonchev–Trinajstić information content (AvgIpc) is 2.85. The van der Waals surface area contributed by atoms with Gasteiger partial charge in [0.2, 0.25) is 0 Å². The number of ketones is 3. The Kier molecular flexibility index (Phi) is 8.55. The van der Waals surface area contributed by atoms with Crippen LogP contribution in [0.3, 0.4) is 0 Å². The van der Waals surface area contributed by atoms with Crippen molar-refractivity contribution in [1.29, 1.82) is 0 Å². The van der Waals surface area contributed by atoms with Gasteiger partial charge in [0.25, 0.3) is 0 Å². The van der Waals surface area contributed by atoms with Crippen LogP contribution in [0, 0.1) is 22.2 Å². The number of benzene rings is 1. The van der Waals surface area contributed by atoms with E-state index in [1.54, 1.807) is 24.3 Å². The lowest BCUT2D eigenvalue weighted by Crippen LogP contribution is -2.67. The Labute approximate surface area is 228 Å². The molecule has 1 aromatic rings. The Bertz CT molecular complexity index is 1230. The number of Topliss-reactive ketones (excluding diaryl/α,β-unsaturated/α-hetero) is 3. The molecule has 1 saturated carbocycles. The fourth-order valence-electron chi connectivity index (χ4n) is 6.41. The maximum absolute atomic E-state index is 14.9. The second-order valence-corrected chi connectivity index (χ2v) is 12.4. The first kappa shape index (κ1) is 29.5. The number of allylic oxidation sites excluding steroid dienone is 8. The molecule has 0 aromatic heterocycles. The zero-order valence-corrected chi connectivity index (χ0v) is 24.7. The number of fused-ring (bicyclic) bond motifs is 2. The van der Waals surface area contributed by atoms with Crippen molar-refractivity contribution < 1.29 is 19.1 Å². The van der Waals surface area contributed by atoms with Crippen LogP contribution in [0.2, 0.25) is 0 Å². The molecule has 0 saturated heterocycles. The van der Waals surface area contributed by atoms with E-state index in [1.807, 2.05) is 39.8 Å². The Morgan fingerprint density at radius 2 is 1.45 bits per heavy atom. The van der Waals surface area contributed by atoms with Crippen LogP contribution in [0.5, 0.6) is 0 Å². The fraction of sp³-hybridized carbons (Fsp3) is 0.500. The van der Waals surface area contributed by atoms with Crippen molar-refractivity contribution in [1.82, 2.24) is 0 Å². The van der Waals surface area contributed by atoms with Gasteiger partial charge in [0, 0.05) is 5.56 Å². The predicted octanol–water partition coefficient (Wildman–Crippen LogP) is 8.01. The zero-order valence-electron chi connectivity index (χ0n) is 24.7. The second kappa shape index (κ2) is 11.0. The molecular weight excluding hydrogens is 472 g/mol. The summed E-state index contributed by atoms with van der Waals surface area (Å²) in [5, 5.41) is 0. The monoisotopic (exact) mass is 516 g/mol. The highest BCUT2D eigenvalue weighted by atomic mass is 16.5. The molecule has 0 heterocycles. The molecule has 0 N–H and O–H groups in total. The third-order valence-electron chi connectivity index (χ3n) is 8.77. The van der Waals surface area contributed by atoms with Crippen LogP contribution in [0.25, 0.3) is 0 Å². The molecule has 0 aliphatic heterocycles. The van der Waals surface area contributed by atoms with Gasteiger partial charge in [-0.15, -0.1) is 0 Å². The van der Waals surface area contributed by atoms with E-state index in [0.29, 0.717) is 18.4 Å². The highest BCUT2D eigenvalue weighted by Gasteiger charge is 2.72. The van der Waals surface area contributed by atoms with E-state index in [1.165, 1.54) is 12.7 Å². The van der Waals surface area contributed by atoms with E-state index in [2.05, 4.69) is 39.8 Å². The van der Waals surface area contributed by atoms with E-state index in [9.17, 15) is 14.4 Å². The van der Waals surface area contributed by atoms with Crippen molar-refractivity contribution in [3.63, 3.8) is 0 Å². The summed E-state index contributed by atoms with van der Waals surface area (Å²) in [6, 6.07) is 8.85. The smallest absolute Gasteiger partial charge is 0.200 e. The predicted molar refractivity (Wildman–Crippen MR) is 154 cm³/mol. The van der Waals surface area contributed by atoms with Crippen LogP contribution >= 0.6 is 0 Å². The van der Waals surface area contributed by atoms with Crippen molar-refractivity contribution in [2.45, 2.75) is 81.1 Å². The molecule has 4 nitrogen and oxygen atoms in total. The van der Waals surface area contributed by atoms with Gasteiger partial charge in [-0.25, -0.2) is 0 Å². The molecule has 0 amide bonds. The number of ether oxygens (including phenoxy) is 1. The maximum atomic E-state index is 14.9. The molecule has 204 valence electrons. The zero-order chi connectivity index (χ0) is 28.5. The third-order valence-corrected chi connectivity index (χ3v) is 8.77. The van der Waals surface area contributed by atoms with Crippen LogP contribution in [0.4, 0.5) is 0 Å². The highest BCUT2D eigenvalue weighted by Crippen LogP contribution is 2.66. The quantitative estimate of drug-likeness (QED) is 0.144. The first-order valence-electron chi connectivity index (χ1n) is 13.6. The molecule has 0 radical (unpaired) electrons. The molecule has 0 unspecified atom stereocenters. The summed E-state index contributed by atoms with van der Waals surface area (Å²) >= 11 is 0. The first-order valence-corrected chi connectivity index (χ1v) is 13.6. The van der Waals surface area contributed by atoms with E-state index < -0.39 is 22.0 Å². The largest absolute Gasteiger partial charge is 0.499 e. The Balaban J connectivity index is 2.46. The number of hydrogen-bond acceptors (Lipinski definition) is 4. The van der Waals surface area contributed by atoms with Gasteiger partial charge in [-0.1, -0.05) is 79.1 Å². The van der Waals surface area contributed by atoms with Gasteiger partial charge in [0.15, 0.2) is 17.3 Å². The van der Waals surface area contributed by atoms with E-state index in [4.69, 9.17) is 4.74 Å². The maximum Gasteiger partial charge on any atom is 0.200 e. The van der Waals surface area contributed by atoms with Gasteiger partial charge in [-0.05, 0) is 78.6 Å². The summed E-state index contributed by atoms with van der Waals surface area (Å²) in [5.41, 5.74) is 0.626. The van der Waals surface area contributed by atoms with E-state index >= 15 is 0 Å². The lowest BCUT2D eigenvalue weighted by molar-refractivity contribution is -0.171. The number of rotatable bonds is 9. The molecule has 3 atom stereocenters. The normalized spacial score (nSPS) is 26.0. The fourth-order valence-corrected chi connectivity index (χ4v) is 6.41. The number of hydrogen-bond donors (Lipinski definition) is 0. The van der Waals surface area contributed by atoms with Crippen LogP contribution in [-0.4, -0.2) is 24.5 Å². The Morgan fingerprint density at radius 3 is 1.97 bits per heavy atom. The average molecular weight is 517 g/mol.